The van der Waals surface area contributed by atoms with Gasteiger partial charge in [-0.1, -0.05) is 71.2 Å². The number of carbonyl (C=O) groups is 1. The van der Waals surface area contributed by atoms with Gasteiger partial charge in [0.15, 0.2) is 5.82 Å². The maximum absolute atomic E-state index is 12.7. The SMILES string of the molecule is Cc1cccc(C)c1OCc1ccc(C(=O)Nc2nn(Cc3ccc(Cl)c(Cl)c3)cc2Cl)cc1. The molecule has 0 radical (unpaired) electrons. The van der Waals surface area contributed by atoms with Crippen LogP contribution in [0.3, 0.4) is 0 Å². The highest BCUT2D eigenvalue weighted by Crippen LogP contribution is 2.25. The largest absolute Gasteiger partial charge is 0.488 e. The van der Waals surface area contributed by atoms with Crippen molar-refractivity contribution in [3.05, 3.63) is 110 Å². The maximum Gasteiger partial charge on any atom is 0.256 e. The fraction of sp³-hybridized carbons (Fsp3) is 0.154. The molecule has 174 valence electrons. The summed E-state index contributed by atoms with van der Waals surface area (Å²) in [5.41, 5.74) is 4.54. The van der Waals surface area contributed by atoms with Gasteiger partial charge >= 0.3 is 0 Å². The molecule has 0 aliphatic carbocycles. The Labute approximate surface area is 213 Å². The van der Waals surface area contributed by atoms with E-state index in [-0.39, 0.29) is 11.7 Å². The predicted molar refractivity (Wildman–Crippen MR) is 137 cm³/mol. The summed E-state index contributed by atoms with van der Waals surface area (Å²) in [7, 11) is 0. The van der Waals surface area contributed by atoms with Gasteiger partial charge < -0.3 is 10.1 Å². The summed E-state index contributed by atoms with van der Waals surface area (Å²) in [5.74, 6) is 0.869. The van der Waals surface area contributed by atoms with Gasteiger partial charge in [0.1, 0.15) is 17.4 Å². The minimum absolute atomic E-state index is 0.286. The third kappa shape index (κ3) is 5.73. The zero-order valence-electron chi connectivity index (χ0n) is 18.6. The first kappa shape index (κ1) is 24.1. The molecule has 0 fully saturated rings. The lowest BCUT2D eigenvalue weighted by molar-refractivity contribution is 0.102. The van der Waals surface area contributed by atoms with Gasteiger partial charge in [-0.15, -0.1) is 0 Å². The highest BCUT2D eigenvalue weighted by molar-refractivity contribution is 6.42. The van der Waals surface area contributed by atoms with E-state index < -0.39 is 0 Å². The van der Waals surface area contributed by atoms with Gasteiger partial charge in [-0.25, -0.2) is 0 Å². The Hall–Kier alpha value is -2.99. The molecule has 1 heterocycles. The number of nitrogens with one attached hydrogen (secondary N) is 1. The molecule has 1 aromatic heterocycles. The zero-order valence-corrected chi connectivity index (χ0v) is 20.9. The first-order valence-electron chi connectivity index (χ1n) is 10.6. The van der Waals surface area contributed by atoms with Crippen molar-refractivity contribution in [2.45, 2.75) is 27.0 Å². The van der Waals surface area contributed by atoms with Crippen LogP contribution in [-0.4, -0.2) is 15.7 Å². The van der Waals surface area contributed by atoms with E-state index in [1.807, 2.05) is 50.2 Å². The Morgan fingerprint density at radius 1 is 0.912 bits per heavy atom. The molecule has 0 saturated carbocycles. The van der Waals surface area contributed by atoms with Crippen LogP contribution in [0, 0.1) is 13.8 Å². The van der Waals surface area contributed by atoms with Crippen molar-refractivity contribution in [2.75, 3.05) is 5.32 Å². The Morgan fingerprint density at radius 2 is 1.59 bits per heavy atom. The quantitative estimate of drug-likeness (QED) is 0.281. The number of benzene rings is 3. The summed E-state index contributed by atoms with van der Waals surface area (Å²) < 4.78 is 7.61. The molecule has 0 atom stereocenters. The topological polar surface area (TPSA) is 56.1 Å². The molecule has 0 bridgehead atoms. The number of para-hydroxylation sites is 1. The maximum atomic E-state index is 12.7. The van der Waals surface area contributed by atoms with Gasteiger partial charge in [0.2, 0.25) is 0 Å². The first-order valence-corrected chi connectivity index (χ1v) is 11.7. The second-order valence-corrected chi connectivity index (χ2v) is 9.15. The summed E-state index contributed by atoms with van der Waals surface area (Å²) in [6.45, 7) is 4.89. The number of aromatic nitrogens is 2. The van der Waals surface area contributed by atoms with E-state index in [9.17, 15) is 4.79 Å². The average Bonchev–Trinajstić information content (AvgIpc) is 3.14. The number of hydrogen-bond acceptors (Lipinski definition) is 3. The molecule has 5 nitrogen and oxygen atoms in total. The van der Waals surface area contributed by atoms with Gasteiger partial charge in [-0.2, -0.15) is 5.10 Å². The lowest BCUT2D eigenvalue weighted by Crippen LogP contribution is -2.13. The normalized spacial score (nSPS) is 10.9. The Balaban J connectivity index is 1.38. The van der Waals surface area contributed by atoms with E-state index in [0.717, 1.165) is 28.0 Å². The zero-order chi connectivity index (χ0) is 24.2. The molecule has 8 heteroatoms. The van der Waals surface area contributed by atoms with Crippen LogP contribution in [0.1, 0.15) is 32.6 Å². The monoisotopic (exact) mass is 513 g/mol. The molecule has 4 rings (SSSR count). The van der Waals surface area contributed by atoms with Crippen LogP contribution in [0.25, 0.3) is 0 Å². The third-order valence-corrected chi connectivity index (χ3v) is 6.30. The number of amides is 1. The molecule has 1 N–H and O–H groups in total. The Bertz CT molecular complexity index is 1310. The molecule has 0 aliphatic rings. The summed E-state index contributed by atoms with van der Waals surface area (Å²) in [4.78, 5) is 12.7. The van der Waals surface area contributed by atoms with Crippen molar-refractivity contribution >= 4 is 46.5 Å². The smallest absolute Gasteiger partial charge is 0.256 e. The lowest BCUT2D eigenvalue weighted by atomic mass is 10.1. The summed E-state index contributed by atoms with van der Waals surface area (Å²) in [5, 5.41) is 8.43. The molecule has 4 aromatic rings. The minimum atomic E-state index is -0.302. The Morgan fingerprint density at radius 3 is 2.26 bits per heavy atom. The van der Waals surface area contributed by atoms with Crippen LogP contribution in [0.15, 0.2) is 66.9 Å². The lowest BCUT2D eigenvalue weighted by Gasteiger charge is -2.12. The Kier molecular flexibility index (Phi) is 7.47. The van der Waals surface area contributed by atoms with Crippen LogP contribution in [-0.2, 0) is 13.2 Å². The van der Waals surface area contributed by atoms with Crippen molar-refractivity contribution in [3.8, 4) is 5.75 Å². The molecule has 3 aromatic carbocycles. The van der Waals surface area contributed by atoms with Gasteiger partial charge in [0.25, 0.3) is 5.91 Å². The number of carbonyl (C=O) groups excluding carboxylic acids is 1. The van der Waals surface area contributed by atoms with E-state index in [0.29, 0.717) is 33.8 Å². The number of rotatable bonds is 7. The fourth-order valence-corrected chi connectivity index (χ4v) is 4.02. The summed E-state index contributed by atoms with van der Waals surface area (Å²) >= 11 is 18.3. The molecule has 0 spiro atoms. The van der Waals surface area contributed by atoms with Gasteiger partial charge in [-0.3, -0.25) is 9.48 Å². The molecular weight excluding hydrogens is 493 g/mol. The third-order valence-electron chi connectivity index (χ3n) is 5.29. The van der Waals surface area contributed by atoms with Crippen LogP contribution < -0.4 is 10.1 Å². The van der Waals surface area contributed by atoms with E-state index in [1.165, 1.54) is 0 Å². The van der Waals surface area contributed by atoms with Gasteiger partial charge in [-0.05, 0) is 60.4 Å². The predicted octanol–water partition coefficient (Wildman–Crippen LogP) is 7.34. The van der Waals surface area contributed by atoms with Crippen LogP contribution in [0.4, 0.5) is 5.82 Å². The van der Waals surface area contributed by atoms with Crippen molar-refractivity contribution in [1.82, 2.24) is 9.78 Å². The second kappa shape index (κ2) is 10.5. The molecule has 0 unspecified atom stereocenters. The van der Waals surface area contributed by atoms with Crippen LogP contribution in [0.5, 0.6) is 5.75 Å². The van der Waals surface area contributed by atoms with Crippen molar-refractivity contribution in [1.29, 1.82) is 0 Å². The van der Waals surface area contributed by atoms with Crippen LogP contribution >= 0.6 is 34.8 Å². The number of ether oxygens (including phenoxy) is 1. The number of nitrogens with zero attached hydrogens (tertiary/aromatic N) is 2. The number of halogens is 3. The fourth-order valence-electron chi connectivity index (χ4n) is 3.50. The first-order chi connectivity index (χ1) is 16.3. The highest BCUT2D eigenvalue weighted by atomic mass is 35.5. The molecule has 34 heavy (non-hydrogen) atoms. The number of aryl methyl sites for hydroxylation is 2. The van der Waals surface area contributed by atoms with E-state index in [2.05, 4.69) is 10.4 Å². The summed E-state index contributed by atoms with van der Waals surface area (Å²) in [6, 6.07) is 18.6. The standard InChI is InChI=1S/C26H22Cl3N3O2/c1-16-4-3-5-17(2)24(16)34-15-18-6-9-20(10-7-18)26(33)30-25-23(29)14-32(31-25)13-19-8-11-21(27)22(28)12-19/h3-12,14H,13,15H2,1-2H3,(H,30,31,33). The highest BCUT2D eigenvalue weighted by Gasteiger charge is 2.13. The average molecular weight is 515 g/mol. The molecule has 0 saturated heterocycles. The van der Waals surface area contributed by atoms with E-state index >= 15 is 0 Å². The number of anilines is 1. The van der Waals surface area contributed by atoms with E-state index in [1.54, 1.807) is 35.1 Å². The van der Waals surface area contributed by atoms with Gasteiger partial charge in [0, 0.05) is 11.8 Å². The molecule has 0 aliphatic heterocycles. The minimum Gasteiger partial charge on any atom is -0.488 e. The van der Waals surface area contributed by atoms with Crippen molar-refractivity contribution in [2.24, 2.45) is 0 Å². The van der Waals surface area contributed by atoms with Gasteiger partial charge in [0.05, 0.1) is 16.6 Å². The second-order valence-electron chi connectivity index (χ2n) is 7.93. The van der Waals surface area contributed by atoms with Crippen molar-refractivity contribution in [3.63, 3.8) is 0 Å². The molecule has 1 amide bonds. The van der Waals surface area contributed by atoms with E-state index in [4.69, 9.17) is 39.5 Å². The number of hydrogen-bond donors (Lipinski definition) is 1. The van der Waals surface area contributed by atoms with Crippen LogP contribution in [0.2, 0.25) is 15.1 Å². The molecular formula is C26H22Cl3N3O2. The summed E-state index contributed by atoms with van der Waals surface area (Å²) in [6.07, 6.45) is 1.65. The van der Waals surface area contributed by atoms with Crippen molar-refractivity contribution < 1.29 is 9.53 Å².